The number of hydrazone groups is 1. The summed E-state index contributed by atoms with van der Waals surface area (Å²) in [7, 11) is 0. The summed E-state index contributed by atoms with van der Waals surface area (Å²) in [5, 5.41) is 12.7. The molecule has 0 aromatic heterocycles. The second kappa shape index (κ2) is 5.54. The maximum absolute atomic E-state index is 10.9. The third-order valence-corrected chi connectivity index (χ3v) is 3.00. The highest BCUT2D eigenvalue weighted by Crippen LogP contribution is 2.27. The van der Waals surface area contributed by atoms with E-state index in [9.17, 15) is 4.79 Å². The van der Waals surface area contributed by atoms with Crippen molar-refractivity contribution in [1.29, 1.82) is 0 Å². The van der Waals surface area contributed by atoms with Crippen LogP contribution in [0.2, 0.25) is 5.02 Å². The van der Waals surface area contributed by atoms with E-state index in [-0.39, 0.29) is 10.6 Å². The van der Waals surface area contributed by atoms with Crippen molar-refractivity contribution in [3.8, 4) is 11.1 Å². The summed E-state index contributed by atoms with van der Waals surface area (Å²) < 4.78 is 0. The van der Waals surface area contributed by atoms with Crippen molar-refractivity contribution in [3.63, 3.8) is 0 Å². The first-order valence-corrected chi connectivity index (χ1v) is 5.87. The van der Waals surface area contributed by atoms with Crippen molar-refractivity contribution >= 4 is 23.8 Å². The fourth-order valence-corrected chi connectivity index (χ4v) is 2.07. The number of nitrogens with two attached hydrogens (primary N) is 1. The molecule has 0 aliphatic carbocycles. The van der Waals surface area contributed by atoms with E-state index in [1.165, 1.54) is 12.3 Å². The van der Waals surface area contributed by atoms with Gasteiger partial charge in [-0.05, 0) is 23.3 Å². The summed E-state index contributed by atoms with van der Waals surface area (Å²) in [5.41, 5.74) is 2.61. The van der Waals surface area contributed by atoms with Gasteiger partial charge in [-0.3, -0.25) is 0 Å². The molecule has 5 heteroatoms. The molecule has 0 heterocycles. The molecule has 0 radical (unpaired) electrons. The summed E-state index contributed by atoms with van der Waals surface area (Å²) >= 11 is 5.96. The van der Waals surface area contributed by atoms with Crippen molar-refractivity contribution in [2.75, 3.05) is 0 Å². The molecular formula is C14H11ClN2O2. The Bertz CT molecular complexity index is 654. The molecule has 19 heavy (non-hydrogen) atoms. The maximum Gasteiger partial charge on any atom is 0.337 e. The molecule has 2 aromatic carbocycles. The average Bonchev–Trinajstić information content (AvgIpc) is 2.39. The molecule has 0 aliphatic heterocycles. The third kappa shape index (κ3) is 2.74. The molecule has 4 nitrogen and oxygen atoms in total. The van der Waals surface area contributed by atoms with Crippen LogP contribution in [0.15, 0.2) is 47.6 Å². The summed E-state index contributed by atoms with van der Waals surface area (Å²) in [6.07, 6.45) is 1.54. The first kappa shape index (κ1) is 13.1. The topological polar surface area (TPSA) is 75.7 Å². The van der Waals surface area contributed by atoms with Crippen LogP contribution in [0.4, 0.5) is 0 Å². The number of nitrogens with zero attached hydrogens (tertiary/aromatic N) is 1. The highest BCUT2D eigenvalue weighted by molar-refractivity contribution is 6.33. The zero-order chi connectivity index (χ0) is 13.8. The Labute approximate surface area is 115 Å². The van der Waals surface area contributed by atoms with Gasteiger partial charge in [0, 0.05) is 5.56 Å². The molecule has 0 unspecified atom stereocenters. The van der Waals surface area contributed by atoms with Gasteiger partial charge >= 0.3 is 5.97 Å². The van der Waals surface area contributed by atoms with Gasteiger partial charge in [0.2, 0.25) is 0 Å². The highest BCUT2D eigenvalue weighted by Gasteiger charge is 2.10. The van der Waals surface area contributed by atoms with Gasteiger partial charge in [-0.25, -0.2) is 4.79 Å². The van der Waals surface area contributed by atoms with E-state index in [1.54, 1.807) is 12.1 Å². The Balaban J connectivity index is 2.54. The highest BCUT2D eigenvalue weighted by atomic mass is 35.5. The number of carboxylic acid groups (broad SMARTS) is 1. The van der Waals surface area contributed by atoms with Crippen molar-refractivity contribution in [2.24, 2.45) is 10.9 Å². The van der Waals surface area contributed by atoms with Crippen LogP contribution in [-0.2, 0) is 0 Å². The van der Waals surface area contributed by atoms with Gasteiger partial charge in [0.05, 0.1) is 16.8 Å². The van der Waals surface area contributed by atoms with Crippen molar-refractivity contribution in [2.45, 2.75) is 0 Å². The lowest BCUT2D eigenvalue weighted by Gasteiger charge is -2.07. The van der Waals surface area contributed by atoms with Crippen LogP contribution in [0.25, 0.3) is 11.1 Å². The van der Waals surface area contributed by atoms with Crippen molar-refractivity contribution in [3.05, 3.63) is 58.6 Å². The normalized spacial score (nSPS) is 10.8. The molecule has 96 valence electrons. The molecule has 0 aliphatic rings. The molecule has 0 bridgehead atoms. The Morgan fingerprint density at radius 1 is 1.26 bits per heavy atom. The minimum atomic E-state index is -1.05. The van der Waals surface area contributed by atoms with Gasteiger partial charge < -0.3 is 10.9 Å². The van der Waals surface area contributed by atoms with E-state index in [0.717, 1.165) is 16.7 Å². The third-order valence-electron chi connectivity index (χ3n) is 2.68. The van der Waals surface area contributed by atoms with Crippen LogP contribution in [0.1, 0.15) is 15.9 Å². The van der Waals surface area contributed by atoms with Gasteiger partial charge in [0.25, 0.3) is 0 Å². The second-order valence-corrected chi connectivity index (χ2v) is 4.27. The quantitative estimate of drug-likeness (QED) is 0.513. The molecule has 0 spiro atoms. The largest absolute Gasteiger partial charge is 0.478 e. The molecular weight excluding hydrogens is 264 g/mol. The Kier molecular flexibility index (Phi) is 3.82. The first-order chi connectivity index (χ1) is 9.13. The van der Waals surface area contributed by atoms with E-state index in [4.69, 9.17) is 22.6 Å². The van der Waals surface area contributed by atoms with E-state index < -0.39 is 5.97 Å². The number of rotatable bonds is 3. The average molecular weight is 275 g/mol. The van der Waals surface area contributed by atoms with Crippen LogP contribution in [0.5, 0.6) is 0 Å². The predicted octanol–water partition coefficient (Wildman–Crippen LogP) is 3.00. The molecule has 0 saturated heterocycles. The van der Waals surface area contributed by atoms with Crippen LogP contribution in [0.3, 0.4) is 0 Å². The van der Waals surface area contributed by atoms with Crippen LogP contribution in [-0.4, -0.2) is 17.3 Å². The van der Waals surface area contributed by atoms with Gasteiger partial charge in [-0.15, -0.1) is 0 Å². The molecule has 0 atom stereocenters. The number of carbonyl (C=O) groups is 1. The lowest BCUT2D eigenvalue weighted by atomic mass is 9.99. The molecule has 2 rings (SSSR count). The number of hydrogen-bond acceptors (Lipinski definition) is 3. The summed E-state index contributed by atoms with van der Waals surface area (Å²) in [6.45, 7) is 0. The maximum atomic E-state index is 10.9. The number of carboxylic acids is 1. The number of benzene rings is 2. The molecule has 0 saturated carbocycles. The molecule has 0 fully saturated rings. The van der Waals surface area contributed by atoms with Crippen LogP contribution < -0.4 is 5.84 Å². The van der Waals surface area contributed by atoms with Gasteiger partial charge in [0.15, 0.2) is 0 Å². The summed E-state index contributed by atoms with van der Waals surface area (Å²) in [4.78, 5) is 10.9. The molecule has 2 aromatic rings. The Morgan fingerprint density at radius 2 is 2.00 bits per heavy atom. The monoisotopic (exact) mass is 274 g/mol. The Hall–Kier alpha value is -2.33. The smallest absolute Gasteiger partial charge is 0.337 e. The predicted molar refractivity (Wildman–Crippen MR) is 75.6 cm³/mol. The van der Waals surface area contributed by atoms with E-state index >= 15 is 0 Å². The molecule has 0 amide bonds. The fourth-order valence-electron chi connectivity index (χ4n) is 1.81. The first-order valence-electron chi connectivity index (χ1n) is 5.49. The zero-order valence-corrected chi connectivity index (χ0v) is 10.6. The van der Waals surface area contributed by atoms with Gasteiger partial charge in [-0.1, -0.05) is 41.9 Å². The molecule has 3 N–H and O–H groups in total. The van der Waals surface area contributed by atoms with Crippen LogP contribution >= 0.6 is 11.6 Å². The Morgan fingerprint density at radius 3 is 2.63 bits per heavy atom. The number of hydrogen-bond donors (Lipinski definition) is 2. The summed E-state index contributed by atoms with van der Waals surface area (Å²) in [6, 6.07) is 12.3. The SMILES string of the molecule is NN=Cc1ccccc1-c1ccc(C(=O)O)c(Cl)c1. The standard InChI is InChI=1S/C14H11ClN2O2/c15-13-7-9(5-6-12(13)14(18)19)11-4-2-1-3-10(11)8-17-16/h1-8H,16H2,(H,18,19). The minimum Gasteiger partial charge on any atom is -0.478 e. The summed E-state index contributed by atoms with van der Waals surface area (Å²) in [5.74, 6) is 4.12. The van der Waals surface area contributed by atoms with E-state index in [2.05, 4.69) is 5.10 Å². The second-order valence-electron chi connectivity index (χ2n) is 3.87. The van der Waals surface area contributed by atoms with Gasteiger partial charge in [0.1, 0.15) is 0 Å². The van der Waals surface area contributed by atoms with Crippen LogP contribution in [0, 0.1) is 0 Å². The van der Waals surface area contributed by atoms with E-state index in [1.807, 2.05) is 24.3 Å². The lowest BCUT2D eigenvalue weighted by Crippen LogP contribution is -1.98. The minimum absolute atomic E-state index is 0.0791. The van der Waals surface area contributed by atoms with Crippen molar-refractivity contribution < 1.29 is 9.90 Å². The van der Waals surface area contributed by atoms with Crippen molar-refractivity contribution in [1.82, 2.24) is 0 Å². The zero-order valence-electron chi connectivity index (χ0n) is 9.88. The van der Waals surface area contributed by atoms with Gasteiger partial charge in [-0.2, -0.15) is 5.10 Å². The fraction of sp³-hybridized carbons (Fsp3) is 0. The lowest BCUT2D eigenvalue weighted by molar-refractivity contribution is 0.0697. The van der Waals surface area contributed by atoms with E-state index in [0.29, 0.717) is 0 Å². The number of halogens is 1. The number of aromatic carboxylic acids is 1.